The lowest BCUT2D eigenvalue weighted by Gasteiger charge is -2.20. The molecule has 5 heteroatoms. The average molecular weight is 304 g/mol. The fourth-order valence-electron chi connectivity index (χ4n) is 1.39. The van der Waals surface area contributed by atoms with Crippen LogP contribution in [-0.2, 0) is 4.79 Å². The molecule has 1 aromatic rings. The first kappa shape index (κ1) is 14.0. The van der Waals surface area contributed by atoms with Crippen molar-refractivity contribution >= 4 is 27.6 Å². The number of hydrogen-bond donors (Lipinski definition) is 2. The molecule has 2 atom stereocenters. The van der Waals surface area contributed by atoms with Crippen molar-refractivity contribution in [3.63, 3.8) is 0 Å². The van der Waals surface area contributed by atoms with Gasteiger partial charge in [-0.05, 0) is 54.4 Å². The second kappa shape index (κ2) is 5.49. The van der Waals surface area contributed by atoms with Gasteiger partial charge in [0.25, 0.3) is 0 Å². The van der Waals surface area contributed by atoms with E-state index in [1.807, 2.05) is 0 Å². The summed E-state index contributed by atoms with van der Waals surface area (Å²) in [6.45, 7) is 5.19. The largest absolute Gasteiger partial charge is 0.481 e. The van der Waals surface area contributed by atoms with E-state index in [1.165, 1.54) is 6.07 Å². The lowest BCUT2D eigenvalue weighted by molar-refractivity contribution is -0.141. The quantitative estimate of drug-likeness (QED) is 0.896. The van der Waals surface area contributed by atoms with Gasteiger partial charge in [-0.2, -0.15) is 0 Å². The van der Waals surface area contributed by atoms with Crippen molar-refractivity contribution in [3.05, 3.63) is 28.0 Å². The minimum Gasteiger partial charge on any atom is -0.481 e. The summed E-state index contributed by atoms with van der Waals surface area (Å²) in [5, 5.41) is 12.0. The Kier molecular flexibility index (Phi) is 4.51. The van der Waals surface area contributed by atoms with Crippen molar-refractivity contribution in [2.24, 2.45) is 5.92 Å². The van der Waals surface area contributed by atoms with Crippen LogP contribution in [0, 0.1) is 18.7 Å². The molecule has 0 fully saturated rings. The normalized spacial score (nSPS) is 14.2. The Morgan fingerprint density at radius 2 is 2.06 bits per heavy atom. The second-order valence-corrected chi connectivity index (χ2v) is 5.00. The average Bonchev–Trinajstić information content (AvgIpc) is 2.24. The van der Waals surface area contributed by atoms with Crippen molar-refractivity contribution in [1.29, 1.82) is 0 Å². The number of carboxylic acid groups (broad SMARTS) is 1. The topological polar surface area (TPSA) is 49.3 Å². The van der Waals surface area contributed by atoms with Gasteiger partial charge < -0.3 is 10.4 Å². The summed E-state index contributed by atoms with van der Waals surface area (Å²) in [5.41, 5.74) is 1.48. The summed E-state index contributed by atoms with van der Waals surface area (Å²) >= 11 is 3.10. The summed E-state index contributed by atoms with van der Waals surface area (Å²) < 4.78 is 13.6. The van der Waals surface area contributed by atoms with E-state index in [-0.39, 0.29) is 11.9 Å². The smallest absolute Gasteiger partial charge is 0.308 e. The third-order valence-corrected chi connectivity index (χ3v) is 3.40. The van der Waals surface area contributed by atoms with Gasteiger partial charge in [0, 0.05) is 11.7 Å². The Morgan fingerprint density at radius 1 is 1.47 bits per heavy atom. The molecule has 2 unspecified atom stereocenters. The Morgan fingerprint density at radius 3 is 2.59 bits per heavy atom. The number of carboxylic acids is 1. The highest BCUT2D eigenvalue weighted by atomic mass is 79.9. The van der Waals surface area contributed by atoms with Gasteiger partial charge in [-0.15, -0.1) is 0 Å². The molecule has 0 radical (unpaired) electrons. The molecule has 1 aromatic carbocycles. The minimum atomic E-state index is -0.858. The molecule has 0 saturated heterocycles. The first-order valence-corrected chi connectivity index (χ1v) is 6.07. The van der Waals surface area contributed by atoms with Crippen LogP contribution in [0.3, 0.4) is 0 Å². The first-order valence-electron chi connectivity index (χ1n) is 5.28. The van der Waals surface area contributed by atoms with E-state index in [2.05, 4.69) is 21.2 Å². The lowest BCUT2D eigenvalue weighted by Crippen LogP contribution is -2.30. The van der Waals surface area contributed by atoms with Crippen molar-refractivity contribution in [3.8, 4) is 0 Å². The standard InChI is InChI=1S/C12H15BrFNO2/c1-6-4-10(14)9(13)5-11(6)15-8(3)7(2)12(16)17/h4-5,7-8,15H,1-3H3,(H,16,17). The van der Waals surface area contributed by atoms with E-state index in [4.69, 9.17) is 5.11 Å². The van der Waals surface area contributed by atoms with Gasteiger partial charge in [0.05, 0.1) is 10.4 Å². The van der Waals surface area contributed by atoms with E-state index >= 15 is 0 Å². The molecule has 0 spiro atoms. The molecular formula is C12H15BrFNO2. The maximum Gasteiger partial charge on any atom is 0.308 e. The van der Waals surface area contributed by atoms with Crippen molar-refractivity contribution in [1.82, 2.24) is 0 Å². The summed E-state index contributed by atoms with van der Waals surface area (Å²) in [4.78, 5) is 10.8. The Labute approximate surface area is 108 Å². The number of nitrogens with one attached hydrogen (secondary N) is 1. The van der Waals surface area contributed by atoms with Crippen LogP contribution in [0.15, 0.2) is 16.6 Å². The van der Waals surface area contributed by atoms with E-state index in [9.17, 15) is 9.18 Å². The molecule has 0 amide bonds. The number of halogens is 2. The van der Waals surface area contributed by atoms with Crippen LogP contribution in [0.2, 0.25) is 0 Å². The van der Waals surface area contributed by atoms with Gasteiger partial charge >= 0.3 is 5.97 Å². The fourth-order valence-corrected chi connectivity index (χ4v) is 1.73. The minimum absolute atomic E-state index is 0.233. The van der Waals surface area contributed by atoms with E-state index < -0.39 is 11.9 Å². The Bertz CT molecular complexity index is 437. The molecule has 17 heavy (non-hydrogen) atoms. The predicted octanol–water partition coefficient (Wildman–Crippen LogP) is 3.42. The maximum absolute atomic E-state index is 13.2. The van der Waals surface area contributed by atoms with Crippen molar-refractivity contribution < 1.29 is 14.3 Å². The molecule has 0 saturated carbocycles. The number of carbonyl (C=O) groups is 1. The van der Waals surface area contributed by atoms with Crippen LogP contribution in [-0.4, -0.2) is 17.1 Å². The molecule has 3 nitrogen and oxygen atoms in total. The number of hydrogen-bond acceptors (Lipinski definition) is 2. The molecule has 0 aliphatic rings. The SMILES string of the molecule is Cc1cc(F)c(Br)cc1NC(C)C(C)C(=O)O. The highest BCUT2D eigenvalue weighted by Gasteiger charge is 2.19. The van der Waals surface area contributed by atoms with Crippen LogP contribution in [0.25, 0.3) is 0 Å². The van der Waals surface area contributed by atoms with E-state index in [0.717, 1.165) is 11.3 Å². The van der Waals surface area contributed by atoms with Gasteiger partial charge in [-0.25, -0.2) is 4.39 Å². The zero-order chi connectivity index (χ0) is 13.2. The summed E-state index contributed by atoms with van der Waals surface area (Å²) in [6.07, 6.45) is 0. The van der Waals surface area contributed by atoms with Crippen LogP contribution >= 0.6 is 15.9 Å². The maximum atomic E-state index is 13.2. The third kappa shape index (κ3) is 3.43. The van der Waals surface area contributed by atoms with Crippen molar-refractivity contribution in [2.75, 3.05) is 5.32 Å². The van der Waals surface area contributed by atoms with Gasteiger partial charge in [0.15, 0.2) is 0 Å². The molecule has 1 rings (SSSR count). The molecule has 0 aromatic heterocycles. The number of aryl methyl sites for hydroxylation is 1. The second-order valence-electron chi connectivity index (χ2n) is 4.14. The van der Waals surface area contributed by atoms with Crippen LogP contribution in [0.5, 0.6) is 0 Å². The zero-order valence-corrected chi connectivity index (χ0v) is 11.5. The number of aliphatic carboxylic acids is 1. The molecular weight excluding hydrogens is 289 g/mol. The highest BCUT2D eigenvalue weighted by molar-refractivity contribution is 9.10. The Balaban J connectivity index is 2.88. The van der Waals surface area contributed by atoms with Crippen LogP contribution in [0.4, 0.5) is 10.1 Å². The lowest BCUT2D eigenvalue weighted by atomic mass is 10.0. The van der Waals surface area contributed by atoms with Crippen molar-refractivity contribution in [2.45, 2.75) is 26.8 Å². The number of benzene rings is 1. The molecule has 0 bridgehead atoms. The first-order chi connectivity index (χ1) is 7.82. The molecule has 0 aliphatic carbocycles. The van der Waals surface area contributed by atoms with E-state index in [1.54, 1.807) is 26.8 Å². The molecule has 0 heterocycles. The fraction of sp³-hybridized carbons (Fsp3) is 0.417. The highest BCUT2D eigenvalue weighted by Crippen LogP contribution is 2.25. The monoisotopic (exact) mass is 303 g/mol. The molecule has 0 aliphatic heterocycles. The third-order valence-electron chi connectivity index (χ3n) is 2.79. The number of anilines is 1. The summed E-state index contributed by atoms with van der Waals surface area (Å²) in [5.74, 6) is -1.70. The van der Waals surface area contributed by atoms with Gasteiger partial charge in [-0.3, -0.25) is 4.79 Å². The van der Waals surface area contributed by atoms with Gasteiger partial charge in [-0.1, -0.05) is 0 Å². The zero-order valence-electron chi connectivity index (χ0n) is 9.92. The van der Waals surface area contributed by atoms with Crippen LogP contribution in [0.1, 0.15) is 19.4 Å². The Hall–Kier alpha value is -1.10. The van der Waals surface area contributed by atoms with Crippen LogP contribution < -0.4 is 5.32 Å². The molecule has 94 valence electrons. The van der Waals surface area contributed by atoms with E-state index in [0.29, 0.717) is 4.47 Å². The summed E-state index contributed by atoms with van der Waals surface area (Å²) in [7, 11) is 0. The number of rotatable bonds is 4. The summed E-state index contributed by atoms with van der Waals surface area (Å²) in [6, 6.07) is 2.80. The van der Waals surface area contributed by atoms with Gasteiger partial charge in [0.1, 0.15) is 5.82 Å². The predicted molar refractivity (Wildman–Crippen MR) is 68.7 cm³/mol. The molecule has 2 N–H and O–H groups in total. The van der Waals surface area contributed by atoms with Gasteiger partial charge in [0.2, 0.25) is 0 Å².